The smallest absolute Gasteiger partial charge is 0.258 e. The molecule has 0 radical (unpaired) electrons. The fraction of sp³-hybridized carbons (Fsp3) is 0.182. The Morgan fingerprint density at radius 2 is 2.04 bits per heavy atom. The Balaban J connectivity index is 1.60. The van der Waals surface area contributed by atoms with Crippen molar-refractivity contribution >= 4 is 5.91 Å². The van der Waals surface area contributed by atoms with Gasteiger partial charge >= 0.3 is 0 Å². The van der Waals surface area contributed by atoms with Crippen LogP contribution >= 0.6 is 0 Å². The summed E-state index contributed by atoms with van der Waals surface area (Å²) < 4.78 is 11.2. The Morgan fingerprint density at radius 3 is 2.85 bits per heavy atom. The summed E-state index contributed by atoms with van der Waals surface area (Å²) in [6, 6.07) is 17.3. The quantitative estimate of drug-likeness (QED) is 0.710. The topological polar surface area (TPSA) is 51.7 Å². The van der Waals surface area contributed by atoms with Crippen molar-refractivity contribution in [1.82, 2.24) is 9.88 Å². The highest BCUT2D eigenvalue weighted by Gasteiger charge is 2.24. The van der Waals surface area contributed by atoms with Crippen LogP contribution in [0.5, 0.6) is 11.5 Å². The second kappa shape index (κ2) is 7.50. The standard InChI is InChI=1S/C22H20N2O3/c1-26-19-6-2-4-16(12-19)15-24-10-11-27-21-13-17(7-8-20(21)22(24)25)18-5-3-9-23-14-18/h2-9,12-14H,10-11,15H2,1H3. The van der Waals surface area contributed by atoms with Crippen LogP contribution in [0.25, 0.3) is 11.1 Å². The molecule has 0 fully saturated rings. The summed E-state index contributed by atoms with van der Waals surface area (Å²) in [6.45, 7) is 1.51. The van der Waals surface area contributed by atoms with Crippen molar-refractivity contribution in [3.8, 4) is 22.6 Å². The van der Waals surface area contributed by atoms with E-state index in [0.29, 0.717) is 31.0 Å². The van der Waals surface area contributed by atoms with Gasteiger partial charge in [0.1, 0.15) is 18.1 Å². The number of benzene rings is 2. The van der Waals surface area contributed by atoms with Gasteiger partial charge in [-0.15, -0.1) is 0 Å². The van der Waals surface area contributed by atoms with Crippen molar-refractivity contribution in [3.05, 3.63) is 78.1 Å². The highest BCUT2D eigenvalue weighted by atomic mass is 16.5. The molecular formula is C22H20N2O3. The number of hydrogen-bond donors (Lipinski definition) is 0. The van der Waals surface area contributed by atoms with Crippen molar-refractivity contribution in [1.29, 1.82) is 0 Å². The summed E-state index contributed by atoms with van der Waals surface area (Å²) in [5.41, 5.74) is 3.59. The van der Waals surface area contributed by atoms with Crippen LogP contribution in [0, 0.1) is 0 Å². The van der Waals surface area contributed by atoms with Gasteiger partial charge in [0.2, 0.25) is 0 Å². The zero-order valence-electron chi connectivity index (χ0n) is 15.1. The minimum absolute atomic E-state index is 0.0249. The van der Waals surface area contributed by atoms with E-state index in [1.54, 1.807) is 19.5 Å². The molecule has 2 aromatic carbocycles. The van der Waals surface area contributed by atoms with Gasteiger partial charge in [-0.2, -0.15) is 0 Å². The van der Waals surface area contributed by atoms with Crippen LogP contribution in [0.2, 0.25) is 0 Å². The van der Waals surface area contributed by atoms with Crippen LogP contribution < -0.4 is 9.47 Å². The Kier molecular flexibility index (Phi) is 4.75. The Labute approximate surface area is 158 Å². The molecule has 5 heteroatoms. The molecule has 136 valence electrons. The lowest BCUT2D eigenvalue weighted by molar-refractivity contribution is 0.0743. The van der Waals surface area contributed by atoms with Gasteiger partial charge in [-0.25, -0.2) is 0 Å². The summed E-state index contributed by atoms with van der Waals surface area (Å²) in [7, 11) is 1.64. The summed E-state index contributed by atoms with van der Waals surface area (Å²) in [5.74, 6) is 1.38. The molecule has 27 heavy (non-hydrogen) atoms. The van der Waals surface area contributed by atoms with E-state index >= 15 is 0 Å². The first-order chi connectivity index (χ1) is 13.2. The molecule has 1 amide bonds. The molecular weight excluding hydrogens is 340 g/mol. The number of fused-ring (bicyclic) bond motifs is 1. The second-order valence-electron chi connectivity index (χ2n) is 6.38. The molecule has 5 nitrogen and oxygen atoms in total. The SMILES string of the molecule is COc1cccc(CN2CCOc3cc(-c4cccnc4)ccc3C2=O)c1. The van der Waals surface area contributed by atoms with Crippen molar-refractivity contribution in [2.24, 2.45) is 0 Å². The average molecular weight is 360 g/mol. The zero-order valence-corrected chi connectivity index (χ0v) is 15.1. The molecule has 0 atom stereocenters. The molecule has 0 saturated heterocycles. The van der Waals surface area contributed by atoms with E-state index in [2.05, 4.69) is 4.98 Å². The zero-order chi connectivity index (χ0) is 18.6. The van der Waals surface area contributed by atoms with Crippen LogP contribution in [-0.2, 0) is 6.54 Å². The lowest BCUT2D eigenvalue weighted by Gasteiger charge is -2.20. The fourth-order valence-electron chi connectivity index (χ4n) is 3.21. The van der Waals surface area contributed by atoms with Gasteiger partial charge in [0.15, 0.2) is 0 Å². The number of ether oxygens (including phenoxy) is 2. The van der Waals surface area contributed by atoms with E-state index in [0.717, 1.165) is 22.4 Å². The van der Waals surface area contributed by atoms with Gasteiger partial charge in [-0.3, -0.25) is 9.78 Å². The number of aromatic nitrogens is 1. The molecule has 4 rings (SSSR count). The first-order valence-corrected chi connectivity index (χ1v) is 8.84. The number of methoxy groups -OCH3 is 1. The van der Waals surface area contributed by atoms with Crippen LogP contribution in [0.3, 0.4) is 0 Å². The van der Waals surface area contributed by atoms with E-state index in [1.165, 1.54) is 0 Å². The number of amides is 1. The largest absolute Gasteiger partial charge is 0.497 e. The van der Waals surface area contributed by atoms with E-state index in [9.17, 15) is 4.79 Å². The third-order valence-electron chi connectivity index (χ3n) is 4.62. The second-order valence-corrected chi connectivity index (χ2v) is 6.38. The van der Waals surface area contributed by atoms with Crippen molar-refractivity contribution in [2.45, 2.75) is 6.54 Å². The Bertz CT molecular complexity index is 957. The predicted octanol–water partition coefficient (Wildman–Crippen LogP) is 3.79. The fourth-order valence-corrected chi connectivity index (χ4v) is 3.21. The van der Waals surface area contributed by atoms with Gasteiger partial charge in [0.25, 0.3) is 5.91 Å². The molecule has 0 spiro atoms. The monoisotopic (exact) mass is 360 g/mol. The Hall–Kier alpha value is -3.34. The number of carbonyl (C=O) groups excluding carboxylic acids is 1. The average Bonchev–Trinajstić information content (AvgIpc) is 2.87. The number of hydrogen-bond acceptors (Lipinski definition) is 4. The number of pyridine rings is 1. The third-order valence-corrected chi connectivity index (χ3v) is 4.62. The van der Waals surface area contributed by atoms with E-state index in [4.69, 9.17) is 9.47 Å². The third kappa shape index (κ3) is 3.62. The minimum Gasteiger partial charge on any atom is -0.497 e. The van der Waals surface area contributed by atoms with Crippen LogP contribution in [0.4, 0.5) is 0 Å². The molecule has 1 aliphatic heterocycles. The molecule has 2 heterocycles. The van der Waals surface area contributed by atoms with Crippen molar-refractivity contribution in [2.75, 3.05) is 20.3 Å². The number of carbonyl (C=O) groups is 1. The molecule has 1 aliphatic rings. The first kappa shape index (κ1) is 17.1. The summed E-state index contributed by atoms with van der Waals surface area (Å²) in [4.78, 5) is 19.0. The van der Waals surface area contributed by atoms with E-state index in [-0.39, 0.29) is 5.91 Å². The number of rotatable bonds is 4. The van der Waals surface area contributed by atoms with Crippen LogP contribution in [-0.4, -0.2) is 36.1 Å². The lowest BCUT2D eigenvalue weighted by atomic mass is 10.0. The van der Waals surface area contributed by atoms with Gasteiger partial charge in [-0.1, -0.05) is 24.3 Å². The van der Waals surface area contributed by atoms with Crippen LogP contribution in [0.1, 0.15) is 15.9 Å². The van der Waals surface area contributed by atoms with Gasteiger partial charge in [0, 0.05) is 24.5 Å². The molecule has 0 aliphatic carbocycles. The van der Waals surface area contributed by atoms with Crippen LogP contribution in [0.15, 0.2) is 67.0 Å². The van der Waals surface area contributed by atoms with Gasteiger partial charge in [-0.05, 0) is 41.5 Å². The maximum Gasteiger partial charge on any atom is 0.258 e. The van der Waals surface area contributed by atoms with Gasteiger partial charge < -0.3 is 14.4 Å². The van der Waals surface area contributed by atoms with Gasteiger partial charge in [0.05, 0.1) is 19.2 Å². The molecule has 1 aromatic heterocycles. The molecule has 0 N–H and O–H groups in total. The van der Waals surface area contributed by atoms with Crippen molar-refractivity contribution in [3.63, 3.8) is 0 Å². The van der Waals surface area contributed by atoms with E-state index < -0.39 is 0 Å². The lowest BCUT2D eigenvalue weighted by Crippen LogP contribution is -2.31. The first-order valence-electron chi connectivity index (χ1n) is 8.84. The maximum atomic E-state index is 13.0. The predicted molar refractivity (Wildman–Crippen MR) is 103 cm³/mol. The summed E-state index contributed by atoms with van der Waals surface area (Å²) in [5, 5.41) is 0. The normalized spacial score (nSPS) is 13.5. The van der Waals surface area contributed by atoms with E-state index in [1.807, 2.05) is 59.5 Å². The molecule has 3 aromatic rings. The maximum absolute atomic E-state index is 13.0. The summed E-state index contributed by atoms with van der Waals surface area (Å²) in [6.07, 6.45) is 3.54. The highest BCUT2D eigenvalue weighted by molar-refractivity contribution is 5.98. The van der Waals surface area contributed by atoms with Crippen molar-refractivity contribution < 1.29 is 14.3 Å². The molecule has 0 bridgehead atoms. The Morgan fingerprint density at radius 1 is 1.11 bits per heavy atom. The minimum atomic E-state index is -0.0249. The highest BCUT2D eigenvalue weighted by Crippen LogP contribution is 2.30. The summed E-state index contributed by atoms with van der Waals surface area (Å²) >= 11 is 0. The molecule has 0 unspecified atom stereocenters. The number of nitrogens with zero attached hydrogens (tertiary/aromatic N) is 2. The molecule has 0 saturated carbocycles.